The Morgan fingerprint density at radius 3 is 2.37 bits per heavy atom. The molecule has 1 heterocycles. The van der Waals surface area contributed by atoms with Gasteiger partial charge in [-0.1, -0.05) is 12.1 Å². The number of hydrogen-bond donors (Lipinski definition) is 3. The summed E-state index contributed by atoms with van der Waals surface area (Å²) in [6.07, 6.45) is 0. The third-order valence-electron chi connectivity index (χ3n) is 5.43. The van der Waals surface area contributed by atoms with Crippen LogP contribution in [0.25, 0.3) is 10.9 Å². The molecule has 188 valence electrons. The molecular weight excluding hydrogens is 486 g/mol. The zero-order valence-electron chi connectivity index (χ0n) is 18.9. The third-order valence-corrected chi connectivity index (χ3v) is 7.04. The lowest BCUT2D eigenvalue weighted by atomic mass is 10.1. The summed E-state index contributed by atoms with van der Waals surface area (Å²) >= 11 is 0. The topological polar surface area (TPSA) is 135 Å². The van der Waals surface area contributed by atoms with Gasteiger partial charge in [0.15, 0.2) is 27.2 Å². The summed E-state index contributed by atoms with van der Waals surface area (Å²) in [7, 11) is -2.49. The molecule has 0 aliphatic carbocycles. The fraction of sp³-hybridized carbons (Fsp3) is 0.304. The summed E-state index contributed by atoms with van der Waals surface area (Å²) in [6, 6.07) is 6.87. The quantitative estimate of drug-likeness (QED) is 0.372. The van der Waals surface area contributed by atoms with Crippen LogP contribution >= 0.6 is 0 Å². The molecule has 0 spiro atoms. The molecule has 1 aromatic heterocycles. The molecule has 1 unspecified atom stereocenters. The highest BCUT2D eigenvalue weighted by Crippen LogP contribution is 2.27. The molecule has 3 N–H and O–H groups in total. The molecule has 0 bridgehead atoms. The van der Waals surface area contributed by atoms with E-state index in [-0.39, 0.29) is 28.1 Å². The summed E-state index contributed by atoms with van der Waals surface area (Å²) in [5, 5.41) is 21.0. The average molecular weight is 511 g/mol. The van der Waals surface area contributed by atoms with Crippen molar-refractivity contribution in [2.75, 3.05) is 25.6 Å². The number of carbonyl (C=O) groups excluding carboxylic acids is 2. The molecule has 0 aliphatic heterocycles. The van der Waals surface area contributed by atoms with E-state index in [9.17, 15) is 31.9 Å². The number of amides is 1. The highest BCUT2D eigenvalue weighted by Gasteiger charge is 2.24. The summed E-state index contributed by atoms with van der Waals surface area (Å²) in [5.41, 5.74) is 0.810. The van der Waals surface area contributed by atoms with Crippen molar-refractivity contribution in [2.45, 2.75) is 17.9 Å². The van der Waals surface area contributed by atoms with E-state index in [1.165, 1.54) is 54.9 Å². The van der Waals surface area contributed by atoms with Crippen LogP contribution in [0.3, 0.4) is 0 Å². The standard InChI is InChI=1S/C23H24F2N2O7S/c1-13-9-18-16(22(25)21(13)24)10-19(27(18)2)23(31)26-17(11-29)14-3-5-15(6-4-14)35(32,33)12-20(30)34-8-7-28/h3-6,9-10,17,28-29H,7-8,11-12H2,1-2H3,(H,26,31). The van der Waals surface area contributed by atoms with Gasteiger partial charge >= 0.3 is 5.97 Å². The van der Waals surface area contributed by atoms with Crippen LogP contribution in [0.2, 0.25) is 0 Å². The van der Waals surface area contributed by atoms with Crippen LogP contribution in [0, 0.1) is 18.6 Å². The van der Waals surface area contributed by atoms with Crippen LogP contribution in [0.5, 0.6) is 0 Å². The van der Waals surface area contributed by atoms with Crippen LogP contribution in [-0.4, -0.2) is 60.6 Å². The van der Waals surface area contributed by atoms with Gasteiger partial charge in [-0.15, -0.1) is 0 Å². The zero-order chi connectivity index (χ0) is 25.9. The van der Waals surface area contributed by atoms with Crippen LogP contribution in [0.1, 0.15) is 27.7 Å². The largest absolute Gasteiger partial charge is 0.462 e. The van der Waals surface area contributed by atoms with Crippen molar-refractivity contribution in [2.24, 2.45) is 7.05 Å². The lowest BCUT2D eigenvalue weighted by Gasteiger charge is -2.17. The molecular formula is C23H24F2N2O7S. The molecule has 3 rings (SSSR count). The van der Waals surface area contributed by atoms with E-state index in [2.05, 4.69) is 10.1 Å². The van der Waals surface area contributed by atoms with Gasteiger partial charge in [-0.25, -0.2) is 17.2 Å². The molecule has 0 saturated carbocycles. The van der Waals surface area contributed by atoms with E-state index in [1.54, 1.807) is 0 Å². The first-order chi connectivity index (χ1) is 16.5. The Hall–Kier alpha value is -3.35. The molecule has 9 nitrogen and oxygen atoms in total. The molecule has 0 aliphatic rings. The number of nitrogens with zero attached hydrogens (tertiary/aromatic N) is 1. The van der Waals surface area contributed by atoms with Crippen molar-refractivity contribution in [3.63, 3.8) is 0 Å². The van der Waals surface area contributed by atoms with Crippen molar-refractivity contribution < 1.29 is 41.7 Å². The van der Waals surface area contributed by atoms with Crippen LogP contribution in [0.4, 0.5) is 8.78 Å². The molecule has 35 heavy (non-hydrogen) atoms. The number of nitrogens with one attached hydrogen (secondary N) is 1. The number of sulfone groups is 1. The van der Waals surface area contributed by atoms with Crippen molar-refractivity contribution >= 4 is 32.6 Å². The SMILES string of the molecule is Cc1cc2c(cc(C(=O)NC(CO)c3ccc(S(=O)(=O)CC(=O)OCCO)cc3)n2C)c(F)c1F. The Morgan fingerprint density at radius 2 is 1.77 bits per heavy atom. The second-order valence-corrected chi connectivity index (χ2v) is 9.81. The second-order valence-electron chi connectivity index (χ2n) is 7.82. The number of rotatable bonds is 9. The molecule has 12 heteroatoms. The number of esters is 1. The van der Waals surface area contributed by atoms with Gasteiger partial charge in [-0.2, -0.15) is 0 Å². The van der Waals surface area contributed by atoms with Gasteiger partial charge in [0, 0.05) is 12.4 Å². The van der Waals surface area contributed by atoms with Crippen LogP contribution in [-0.2, 0) is 26.4 Å². The maximum absolute atomic E-state index is 14.3. The van der Waals surface area contributed by atoms with Crippen LogP contribution < -0.4 is 5.32 Å². The highest BCUT2D eigenvalue weighted by atomic mass is 32.2. The lowest BCUT2D eigenvalue weighted by molar-refractivity contribution is -0.141. The number of hydrogen-bond acceptors (Lipinski definition) is 7. The fourth-order valence-electron chi connectivity index (χ4n) is 3.56. The Morgan fingerprint density at radius 1 is 1.11 bits per heavy atom. The van der Waals surface area contributed by atoms with E-state index >= 15 is 0 Å². The molecule has 1 atom stereocenters. The van der Waals surface area contributed by atoms with Gasteiger partial charge in [0.2, 0.25) is 0 Å². The van der Waals surface area contributed by atoms with E-state index in [0.717, 1.165) is 0 Å². The summed E-state index contributed by atoms with van der Waals surface area (Å²) < 4.78 is 59.0. The minimum absolute atomic E-state index is 0.0305. The number of benzene rings is 2. The second kappa shape index (κ2) is 10.5. The van der Waals surface area contributed by atoms with E-state index in [1.807, 2.05) is 0 Å². The predicted octanol–water partition coefficient (Wildman–Crippen LogP) is 1.54. The van der Waals surface area contributed by atoms with E-state index in [4.69, 9.17) is 5.11 Å². The molecule has 3 aromatic rings. The summed E-state index contributed by atoms with van der Waals surface area (Å²) in [4.78, 5) is 24.3. The number of fused-ring (bicyclic) bond motifs is 1. The average Bonchev–Trinajstić information content (AvgIpc) is 3.15. The maximum Gasteiger partial charge on any atom is 0.321 e. The Balaban J connectivity index is 1.80. The maximum atomic E-state index is 14.3. The number of ether oxygens (including phenoxy) is 1. The lowest BCUT2D eigenvalue weighted by Crippen LogP contribution is -2.32. The van der Waals surface area contributed by atoms with Gasteiger partial charge in [-0.3, -0.25) is 9.59 Å². The number of aromatic nitrogens is 1. The van der Waals surface area contributed by atoms with Crippen molar-refractivity contribution in [1.82, 2.24) is 9.88 Å². The smallest absolute Gasteiger partial charge is 0.321 e. The molecule has 0 saturated heterocycles. The van der Waals surface area contributed by atoms with E-state index in [0.29, 0.717) is 11.1 Å². The highest BCUT2D eigenvalue weighted by molar-refractivity contribution is 7.92. The van der Waals surface area contributed by atoms with Crippen molar-refractivity contribution in [3.8, 4) is 0 Å². The Bertz CT molecular complexity index is 1370. The number of aliphatic hydroxyl groups is 2. The number of carbonyl (C=O) groups is 2. The minimum Gasteiger partial charge on any atom is -0.462 e. The fourth-order valence-corrected chi connectivity index (χ4v) is 4.67. The first-order valence-corrected chi connectivity index (χ1v) is 12.1. The van der Waals surface area contributed by atoms with Gasteiger partial charge < -0.3 is 24.8 Å². The predicted molar refractivity (Wildman–Crippen MR) is 121 cm³/mol. The normalized spacial score (nSPS) is 12.5. The van der Waals surface area contributed by atoms with Crippen molar-refractivity contribution in [1.29, 1.82) is 0 Å². The number of aryl methyl sites for hydroxylation is 2. The molecule has 1 amide bonds. The monoisotopic (exact) mass is 510 g/mol. The first kappa shape index (κ1) is 26.3. The van der Waals surface area contributed by atoms with Gasteiger partial charge in [0.05, 0.1) is 29.7 Å². The number of halogens is 2. The zero-order valence-corrected chi connectivity index (χ0v) is 19.7. The number of aliphatic hydroxyl groups excluding tert-OH is 2. The van der Waals surface area contributed by atoms with Crippen LogP contribution in [0.15, 0.2) is 41.3 Å². The molecule has 0 fully saturated rings. The molecule has 0 radical (unpaired) electrons. The Labute approximate surface area is 199 Å². The Kier molecular flexibility index (Phi) is 7.88. The third kappa shape index (κ3) is 5.50. The summed E-state index contributed by atoms with van der Waals surface area (Å²) in [5.74, 6) is -4.65. The minimum atomic E-state index is -4.01. The first-order valence-electron chi connectivity index (χ1n) is 10.4. The van der Waals surface area contributed by atoms with Crippen molar-refractivity contribution in [3.05, 3.63) is 64.9 Å². The van der Waals surface area contributed by atoms with Gasteiger partial charge in [-0.05, 0) is 42.3 Å². The van der Waals surface area contributed by atoms with Gasteiger partial charge in [0.1, 0.15) is 12.3 Å². The summed E-state index contributed by atoms with van der Waals surface area (Å²) in [6.45, 7) is 0.133. The molecule has 2 aromatic carbocycles. The van der Waals surface area contributed by atoms with Gasteiger partial charge in [0.25, 0.3) is 5.91 Å². The van der Waals surface area contributed by atoms with E-state index < -0.39 is 58.4 Å².